The van der Waals surface area contributed by atoms with Crippen molar-refractivity contribution in [3.05, 3.63) is 65.9 Å². The summed E-state index contributed by atoms with van der Waals surface area (Å²) in [6.45, 7) is 0. The number of hydrogen-bond acceptors (Lipinski definition) is 5. The SMILES string of the molecule is COc1ccccc1-c1cc(C(=O)Nc2ccc(CC(N)=O)cc2)no1. The molecule has 0 saturated heterocycles. The molecule has 0 radical (unpaired) electrons. The molecule has 0 bridgehead atoms. The molecule has 3 aromatic rings. The van der Waals surface area contributed by atoms with E-state index in [0.29, 0.717) is 22.8 Å². The molecule has 0 aliphatic heterocycles. The van der Waals surface area contributed by atoms with Crippen LogP contribution in [-0.2, 0) is 11.2 Å². The summed E-state index contributed by atoms with van der Waals surface area (Å²) in [4.78, 5) is 23.2. The van der Waals surface area contributed by atoms with E-state index in [0.717, 1.165) is 5.56 Å². The average molecular weight is 351 g/mol. The normalized spacial score (nSPS) is 10.3. The van der Waals surface area contributed by atoms with Gasteiger partial charge in [0.2, 0.25) is 5.91 Å². The molecule has 26 heavy (non-hydrogen) atoms. The first kappa shape index (κ1) is 17.2. The van der Waals surface area contributed by atoms with Crippen molar-refractivity contribution in [2.75, 3.05) is 12.4 Å². The van der Waals surface area contributed by atoms with Gasteiger partial charge in [-0.1, -0.05) is 29.4 Å². The van der Waals surface area contributed by atoms with Crippen molar-refractivity contribution in [3.63, 3.8) is 0 Å². The van der Waals surface area contributed by atoms with Gasteiger partial charge in [0.05, 0.1) is 19.1 Å². The van der Waals surface area contributed by atoms with E-state index in [1.54, 1.807) is 43.5 Å². The first-order chi connectivity index (χ1) is 12.6. The Morgan fingerprint density at radius 1 is 1.15 bits per heavy atom. The lowest BCUT2D eigenvalue weighted by atomic mass is 10.1. The number of hydrogen-bond donors (Lipinski definition) is 2. The lowest BCUT2D eigenvalue weighted by Crippen LogP contribution is -2.14. The van der Waals surface area contributed by atoms with Gasteiger partial charge in [0.15, 0.2) is 11.5 Å². The van der Waals surface area contributed by atoms with Crippen LogP contribution >= 0.6 is 0 Å². The highest BCUT2D eigenvalue weighted by atomic mass is 16.5. The fourth-order valence-electron chi connectivity index (χ4n) is 2.46. The maximum atomic E-state index is 12.3. The molecule has 3 N–H and O–H groups in total. The molecule has 2 amide bonds. The van der Waals surface area contributed by atoms with Crippen molar-refractivity contribution in [2.45, 2.75) is 6.42 Å². The van der Waals surface area contributed by atoms with Crippen LogP contribution in [0.2, 0.25) is 0 Å². The molecule has 0 spiro atoms. The Labute approximate surface area is 149 Å². The number of methoxy groups -OCH3 is 1. The van der Waals surface area contributed by atoms with Gasteiger partial charge >= 0.3 is 0 Å². The van der Waals surface area contributed by atoms with Gasteiger partial charge in [0.25, 0.3) is 5.91 Å². The van der Waals surface area contributed by atoms with Crippen molar-refractivity contribution >= 4 is 17.5 Å². The Bertz CT molecular complexity index is 932. The van der Waals surface area contributed by atoms with Crippen molar-refractivity contribution in [2.24, 2.45) is 5.73 Å². The third-order valence-electron chi connectivity index (χ3n) is 3.71. The molecule has 2 aromatic carbocycles. The number of nitrogens with one attached hydrogen (secondary N) is 1. The summed E-state index contributed by atoms with van der Waals surface area (Å²) in [5.41, 5.74) is 7.35. The molecule has 0 aliphatic carbocycles. The fourth-order valence-corrected chi connectivity index (χ4v) is 2.46. The highest BCUT2D eigenvalue weighted by Gasteiger charge is 2.16. The number of anilines is 1. The highest BCUT2D eigenvalue weighted by Crippen LogP contribution is 2.30. The number of para-hydroxylation sites is 1. The molecule has 1 aromatic heterocycles. The van der Waals surface area contributed by atoms with E-state index in [1.165, 1.54) is 0 Å². The Morgan fingerprint density at radius 2 is 1.88 bits per heavy atom. The number of nitrogens with zero attached hydrogens (tertiary/aromatic N) is 1. The van der Waals surface area contributed by atoms with E-state index >= 15 is 0 Å². The van der Waals surface area contributed by atoms with Crippen LogP contribution in [0.3, 0.4) is 0 Å². The minimum atomic E-state index is -0.409. The number of benzene rings is 2. The molecule has 132 valence electrons. The Morgan fingerprint density at radius 3 is 2.58 bits per heavy atom. The second-order valence-corrected chi connectivity index (χ2v) is 5.57. The second-order valence-electron chi connectivity index (χ2n) is 5.57. The molecular formula is C19H17N3O4. The Kier molecular flexibility index (Phi) is 4.98. The minimum Gasteiger partial charge on any atom is -0.496 e. The number of aromatic nitrogens is 1. The van der Waals surface area contributed by atoms with Crippen molar-refractivity contribution < 1.29 is 18.8 Å². The summed E-state index contributed by atoms with van der Waals surface area (Å²) in [6.07, 6.45) is 0.153. The molecule has 0 aliphatic rings. The van der Waals surface area contributed by atoms with Crippen molar-refractivity contribution in [3.8, 4) is 17.1 Å². The summed E-state index contributed by atoms with van der Waals surface area (Å²) < 4.78 is 10.6. The minimum absolute atomic E-state index is 0.145. The van der Waals surface area contributed by atoms with E-state index in [4.69, 9.17) is 15.0 Å². The fraction of sp³-hybridized carbons (Fsp3) is 0.105. The number of ether oxygens (including phenoxy) is 1. The molecule has 7 heteroatoms. The maximum absolute atomic E-state index is 12.3. The van der Waals surface area contributed by atoms with Gasteiger partial charge in [0, 0.05) is 11.8 Å². The molecule has 0 atom stereocenters. The van der Waals surface area contributed by atoms with E-state index in [9.17, 15) is 9.59 Å². The number of primary amides is 1. The number of carbonyl (C=O) groups is 2. The molecule has 3 rings (SSSR count). The van der Waals surface area contributed by atoms with Crippen LogP contribution in [0.4, 0.5) is 5.69 Å². The topological polar surface area (TPSA) is 107 Å². The summed E-state index contributed by atoms with van der Waals surface area (Å²) in [6, 6.07) is 15.7. The van der Waals surface area contributed by atoms with E-state index in [1.807, 2.05) is 18.2 Å². The number of rotatable bonds is 6. The molecule has 1 heterocycles. The van der Waals surface area contributed by atoms with Crippen LogP contribution in [-0.4, -0.2) is 24.1 Å². The van der Waals surface area contributed by atoms with Crippen LogP contribution in [0.15, 0.2) is 59.1 Å². The first-order valence-corrected chi connectivity index (χ1v) is 7.85. The molecule has 0 saturated carbocycles. The third kappa shape index (κ3) is 3.89. The zero-order valence-electron chi connectivity index (χ0n) is 14.1. The van der Waals surface area contributed by atoms with Gasteiger partial charge in [-0.05, 0) is 29.8 Å². The van der Waals surface area contributed by atoms with Crippen LogP contribution < -0.4 is 15.8 Å². The molecule has 7 nitrogen and oxygen atoms in total. The predicted octanol–water partition coefficient (Wildman–Crippen LogP) is 2.63. The zero-order valence-corrected chi connectivity index (χ0v) is 14.1. The summed E-state index contributed by atoms with van der Waals surface area (Å²) in [5.74, 6) is 0.246. The Hall–Kier alpha value is -3.61. The highest BCUT2D eigenvalue weighted by molar-refractivity contribution is 6.03. The molecule has 0 unspecified atom stereocenters. The smallest absolute Gasteiger partial charge is 0.277 e. The second kappa shape index (κ2) is 7.52. The van der Waals surface area contributed by atoms with Crippen LogP contribution in [0.5, 0.6) is 5.75 Å². The lowest BCUT2D eigenvalue weighted by molar-refractivity contribution is -0.117. The standard InChI is InChI=1S/C19H17N3O4/c1-25-16-5-3-2-4-14(16)17-11-15(22-26-17)19(24)21-13-8-6-12(7-9-13)10-18(20)23/h2-9,11H,10H2,1H3,(H2,20,23)(H,21,24). The Balaban J connectivity index is 1.73. The molecular weight excluding hydrogens is 334 g/mol. The summed E-state index contributed by atoms with van der Waals surface area (Å²) in [7, 11) is 1.56. The van der Waals surface area contributed by atoms with E-state index < -0.39 is 11.8 Å². The quantitative estimate of drug-likeness (QED) is 0.710. The number of amides is 2. The van der Waals surface area contributed by atoms with Gasteiger partial charge in [-0.25, -0.2) is 0 Å². The van der Waals surface area contributed by atoms with E-state index in [-0.39, 0.29) is 12.1 Å². The predicted molar refractivity (Wildman–Crippen MR) is 95.8 cm³/mol. The average Bonchev–Trinajstić information content (AvgIpc) is 3.13. The molecule has 0 fully saturated rings. The van der Waals surface area contributed by atoms with Gasteiger partial charge in [-0.15, -0.1) is 0 Å². The van der Waals surface area contributed by atoms with Crippen molar-refractivity contribution in [1.29, 1.82) is 0 Å². The van der Waals surface area contributed by atoms with Gasteiger partial charge in [0.1, 0.15) is 5.75 Å². The largest absolute Gasteiger partial charge is 0.496 e. The first-order valence-electron chi connectivity index (χ1n) is 7.85. The number of carbonyl (C=O) groups excluding carboxylic acids is 2. The van der Waals surface area contributed by atoms with Crippen LogP contribution in [0.25, 0.3) is 11.3 Å². The summed E-state index contributed by atoms with van der Waals surface area (Å²) >= 11 is 0. The van der Waals surface area contributed by atoms with Gasteiger partial charge in [-0.2, -0.15) is 0 Å². The lowest BCUT2D eigenvalue weighted by Gasteiger charge is -2.04. The van der Waals surface area contributed by atoms with Crippen LogP contribution in [0.1, 0.15) is 16.1 Å². The number of nitrogens with two attached hydrogens (primary N) is 1. The maximum Gasteiger partial charge on any atom is 0.277 e. The van der Waals surface area contributed by atoms with Gasteiger partial charge < -0.3 is 20.3 Å². The van der Waals surface area contributed by atoms with Crippen LogP contribution in [0, 0.1) is 0 Å². The zero-order chi connectivity index (χ0) is 18.5. The third-order valence-corrected chi connectivity index (χ3v) is 3.71. The van der Waals surface area contributed by atoms with Crippen molar-refractivity contribution in [1.82, 2.24) is 5.16 Å². The van der Waals surface area contributed by atoms with E-state index in [2.05, 4.69) is 10.5 Å². The summed E-state index contributed by atoms with van der Waals surface area (Å²) in [5, 5.41) is 6.54. The van der Waals surface area contributed by atoms with Gasteiger partial charge in [-0.3, -0.25) is 9.59 Å². The monoisotopic (exact) mass is 351 g/mol.